The summed E-state index contributed by atoms with van der Waals surface area (Å²) in [6.45, 7) is 0.208. The van der Waals surface area contributed by atoms with E-state index in [1.165, 1.54) is 11.8 Å². The molecule has 0 radical (unpaired) electrons. The summed E-state index contributed by atoms with van der Waals surface area (Å²) < 4.78 is 5.66. The van der Waals surface area contributed by atoms with Crippen LogP contribution in [0.3, 0.4) is 0 Å². The van der Waals surface area contributed by atoms with Crippen LogP contribution < -0.4 is 10.6 Å². The largest absolute Gasteiger partial charge is 0.480 e. The van der Waals surface area contributed by atoms with Crippen LogP contribution in [-0.2, 0) is 14.3 Å². The molecule has 2 unspecified atom stereocenters. The highest BCUT2D eigenvalue weighted by Crippen LogP contribution is 2.44. The molecule has 0 bridgehead atoms. The Morgan fingerprint density at radius 1 is 1.03 bits per heavy atom. The van der Waals surface area contributed by atoms with E-state index in [-0.39, 0.29) is 36.8 Å². The van der Waals surface area contributed by atoms with Gasteiger partial charge in [-0.3, -0.25) is 4.79 Å². The lowest BCUT2D eigenvalue weighted by molar-refractivity contribution is -0.142. The van der Waals surface area contributed by atoms with Crippen LogP contribution in [0.1, 0.15) is 49.1 Å². The second-order valence-corrected chi connectivity index (χ2v) is 10.2. The summed E-state index contributed by atoms with van der Waals surface area (Å²) in [4.78, 5) is 36.9. The third-order valence-corrected chi connectivity index (χ3v) is 7.66. The Bertz CT molecular complexity index is 1030. The minimum absolute atomic E-state index is 0.0358. The smallest absolute Gasteiger partial charge is 0.407 e. The van der Waals surface area contributed by atoms with Crippen molar-refractivity contribution < 1.29 is 24.2 Å². The van der Waals surface area contributed by atoms with Gasteiger partial charge in [-0.15, -0.1) is 0 Å². The highest BCUT2D eigenvalue weighted by molar-refractivity contribution is 7.98. The van der Waals surface area contributed by atoms with E-state index in [1.54, 1.807) is 0 Å². The Balaban J connectivity index is 1.36. The Kier molecular flexibility index (Phi) is 8.33. The van der Waals surface area contributed by atoms with Crippen LogP contribution in [-0.4, -0.2) is 53.8 Å². The fourth-order valence-electron chi connectivity index (χ4n) is 4.92. The van der Waals surface area contributed by atoms with Gasteiger partial charge in [-0.1, -0.05) is 55.0 Å². The maximum Gasteiger partial charge on any atom is 0.407 e. The molecule has 3 N–H and O–H groups in total. The second-order valence-electron chi connectivity index (χ2n) is 9.21. The maximum atomic E-state index is 12.8. The van der Waals surface area contributed by atoms with Gasteiger partial charge in [0.25, 0.3) is 0 Å². The van der Waals surface area contributed by atoms with Crippen LogP contribution in [0.2, 0.25) is 0 Å². The third kappa shape index (κ3) is 5.99. The number of carboxylic acids is 1. The number of fused-ring (bicyclic) bond motifs is 3. The molecule has 2 aromatic carbocycles. The van der Waals surface area contributed by atoms with Crippen molar-refractivity contribution >= 4 is 29.7 Å². The van der Waals surface area contributed by atoms with Gasteiger partial charge in [0.2, 0.25) is 5.91 Å². The topological polar surface area (TPSA) is 105 Å². The van der Waals surface area contributed by atoms with E-state index in [4.69, 9.17) is 4.74 Å². The summed E-state index contributed by atoms with van der Waals surface area (Å²) in [5.74, 6) is -0.616. The molecule has 0 spiro atoms. The van der Waals surface area contributed by atoms with Gasteiger partial charge in [-0.2, -0.15) is 11.8 Å². The zero-order valence-electron chi connectivity index (χ0n) is 19.9. The number of aliphatic carboxylic acids is 1. The Labute approximate surface area is 210 Å². The molecular weight excluding hydrogens is 464 g/mol. The summed E-state index contributed by atoms with van der Waals surface area (Å²) in [6, 6.07) is 15.0. The van der Waals surface area contributed by atoms with Crippen molar-refractivity contribution in [2.45, 2.75) is 50.1 Å². The lowest BCUT2D eigenvalue weighted by atomic mass is 9.78. The zero-order chi connectivity index (χ0) is 24.8. The van der Waals surface area contributed by atoms with E-state index >= 15 is 0 Å². The van der Waals surface area contributed by atoms with E-state index in [9.17, 15) is 19.5 Å². The molecule has 35 heavy (non-hydrogen) atoms. The molecule has 8 heteroatoms. The van der Waals surface area contributed by atoms with E-state index in [1.807, 2.05) is 30.5 Å². The van der Waals surface area contributed by atoms with Crippen molar-refractivity contribution in [3.8, 4) is 11.1 Å². The van der Waals surface area contributed by atoms with Crippen LogP contribution in [0.4, 0.5) is 4.79 Å². The van der Waals surface area contributed by atoms with E-state index in [0.29, 0.717) is 12.2 Å². The number of hydrogen-bond acceptors (Lipinski definition) is 5. The molecule has 2 atom stereocenters. The molecule has 1 fully saturated rings. The third-order valence-electron chi connectivity index (χ3n) is 7.02. The standard InChI is InChI=1S/C27H32N2O5S/c1-35-14-13-23(26(31)32)28-25(30)15-24(17-7-6-8-17)29-27(33)34-16-22-20-11-4-2-9-18(20)19-10-3-5-12-21(19)22/h2-5,9-12,17,22-24H,6-8,13-16H2,1H3,(H,28,30)(H,29,33)(H,31,32). The van der Waals surface area contributed by atoms with Crippen molar-refractivity contribution in [2.24, 2.45) is 5.92 Å². The van der Waals surface area contributed by atoms with Gasteiger partial charge in [0.05, 0.1) is 0 Å². The number of thioether (sulfide) groups is 1. The number of nitrogens with one attached hydrogen (secondary N) is 2. The summed E-state index contributed by atoms with van der Waals surface area (Å²) in [5.41, 5.74) is 4.61. The number of carbonyl (C=O) groups is 3. The molecule has 4 rings (SSSR count). The number of hydrogen-bond donors (Lipinski definition) is 3. The quantitative estimate of drug-likeness (QED) is 0.426. The second kappa shape index (κ2) is 11.6. The number of carboxylic acid groups (broad SMARTS) is 1. The number of carbonyl (C=O) groups excluding carboxylic acids is 2. The molecule has 2 aliphatic rings. The van der Waals surface area contributed by atoms with Gasteiger partial charge < -0.3 is 20.5 Å². The first kappa shape index (κ1) is 25.1. The first-order valence-corrected chi connectivity index (χ1v) is 13.5. The lowest BCUT2D eigenvalue weighted by Crippen LogP contribution is -2.48. The summed E-state index contributed by atoms with van der Waals surface area (Å²) in [5, 5.41) is 14.9. The van der Waals surface area contributed by atoms with Gasteiger partial charge in [-0.05, 0) is 59.4 Å². The molecule has 0 aromatic heterocycles. The number of benzene rings is 2. The first-order valence-electron chi connectivity index (χ1n) is 12.1. The van der Waals surface area contributed by atoms with Gasteiger partial charge in [0, 0.05) is 18.4 Å². The minimum atomic E-state index is -1.04. The molecule has 2 aliphatic carbocycles. The van der Waals surface area contributed by atoms with Crippen LogP contribution >= 0.6 is 11.8 Å². The summed E-state index contributed by atoms with van der Waals surface area (Å²) >= 11 is 1.53. The fraction of sp³-hybridized carbons (Fsp3) is 0.444. The monoisotopic (exact) mass is 496 g/mol. The predicted octanol–water partition coefficient (Wildman–Crippen LogP) is 4.41. The van der Waals surface area contributed by atoms with Crippen LogP contribution in [0.15, 0.2) is 48.5 Å². The Morgan fingerprint density at radius 2 is 1.66 bits per heavy atom. The highest BCUT2D eigenvalue weighted by Gasteiger charge is 2.33. The number of amides is 2. The molecular formula is C27H32N2O5S. The van der Waals surface area contributed by atoms with Crippen molar-refractivity contribution in [3.63, 3.8) is 0 Å². The molecule has 2 amide bonds. The normalized spacial score (nSPS) is 16.4. The first-order chi connectivity index (χ1) is 17.0. The van der Waals surface area contributed by atoms with Gasteiger partial charge in [0.15, 0.2) is 0 Å². The van der Waals surface area contributed by atoms with Crippen molar-refractivity contribution in [1.82, 2.24) is 10.6 Å². The maximum absolute atomic E-state index is 12.8. The summed E-state index contributed by atoms with van der Waals surface area (Å²) in [7, 11) is 0. The van der Waals surface area contributed by atoms with Gasteiger partial charge in [0.1, 0.15) is 12.6 Å². The van der Waals surface area contributed by atoms with Crippen molar-refractivity contribution in [1.29, 1.82) is 0 Å². The fourth-order valence-corrected chi connectivity index (χ4v) is 5.39. The molecule has 1 saturated carbocycles. The Hall–Kier alpha value is -3.00. The van der Waals surface area contributed by atoms with Crippen LogP contribution in [0.5, 0.6) is 0 Å². The van der Waals surface area contributed by atoms with E-state index < -0.39 is 18.1 Å². The molecule has 7 nitrogen and oxygen atoms in total. The minimum Gasteiger partial charge on any atom is -0.480 e. The SMILES string of the molecule is CSCCC(NC(=O)CC(NC(=O)OCC1c2ccccc2-c2ccccc21)C1CCC1)C(=O)O. The average Bonchev–Trinajstić information content (AvgIpc) is 3.13. The summed E-state index contributed by atoms with van der Waals surface area (Å²) in [6.07, 6.45) is 4.65. The van der Waals surface area contributed by atoms with Crippen molar-refractivity contribution in [3.05, 3.63) is 59.7 Å². The molecule has 0 aliphatic heterocycles. The number of rotatable bonds is 11. The highest BCUT2D eigenvalue weighted by atomic mass is 32.2. The van der Waals surface area contributed by atoms with E-state index in [2.05, 4.69) is 34.9 Å². The lowest BCUT2D eigenvalue weighted by Gasteiger charge is -2.34. The van der Waals surface area contributed by atoms with Crippen LogP contribution in [0, 0.1) is 5.92 Å². The molecule has 186 valence electrons. The molecule has 0 heterocycles. The van der Waals surface area contributed by atoms with Crippen molar-refractivity contribution in [2.75, 3.05) is 18.6 Å². The van der Waals surface area contributed by atoms with Gasteiger partial charge in [-0.25, -0.2) is 9.59 Å². The zero-order valence-corrected chi connectivity index (χ0v) is 20.7. The average molecular weight is 497 g/mol. The molecule has 0 saturated heterocycles. The van der Waals surface area contributed by atoms with E-state index in [0.717, 1.165) is 41.5 Å². The molecule has 2 aromatic rings. The van der Waals surface area contributed by atoms with Crippen LogP contribution in [0.25, 0.3) is 11.1 Å². The number of ether oxygens (including phenoxy) is 1. The Morgan fingerprint density at radius 3 is 2.20 bits per heavy atom. The number of alkyl carbamates (subject to hydrolysis) is 1. The predicted molar refractivity (Wildman–Crippen MR) is 137 cm³/mol. The van der Waals surface area contributed by atoms with Gasteiger partial charge >= 0.3 is 12.1 Å².